The molecular formula is C39H45ClN8O3. The van der Waals surface area contributed by atoms with E-state index in [9.17, 15) is 4.79 Å². The molecule has 0 saturated carbocycles. The van der Waals surface area contributed by atoms with Gasteiger partial charge in [-0.2, -0.15) is 5.10 Å². The molecule has 0 spiro atoms. The molecule has 0 radical (unpaired) electrons. The number of aromatic nitrogens is 5. The van der Waals surface area contributed by atoms with Crippen LogP contribution >= 0.6 is 11.6 Å². The maximum atomic E-state index is 10.2. The third-order valence-corrected chi connectivity index (χ3v) is 8.63. The van der Waals surface area contributed by atoms with E-state index in [4.69, 9.17) is 26.1 Å². The van der Waals surface area contributed by atoms with Crippen molar-refractivity contribution in [3.8, 4) is 0 Å². The van der Waals surface area contributed by atoms with Crippen LogP contribution in [0.15, 0.2) is 95.5 Å². The van der Waals surface area contributed by atoms with Crippen molar-refractivity contribution in [2.75, 3.05) is 25.0 Å². The number of amides is 1. The lowest BCUT2D eigenvalue weighted by Gasteiger charge is -2.25. The van der Waals surface area contributed by atoms with Gasteiger partial charge in [0.15, 0.2) is 0 Å². The van der Waals surface area contributed by atoms with Gasteiger partial charge in [-0.15, -0.1) is 0 Å². The molecule has 1 amide bonds. The first-order valence-corrected chi connectivity index (χ1v) is 17.4. The molecule has 5 aromatic rings. The van der Waals surface area contributed by atoms with E-state index >= 15 is 0 Å². The molecule has 0 bridgehead atoms. The van der Waals surface area contributed by atoms with Gasteiger partial charge in [0.2, 0.25) is 12.3 Å². The number of halogens is 1. The van der Waals surface area contributed by atoms with Gasteiger partial charge in [-0.25, -0.2) is 9.98 Å². The predicted octanol–water partition coefficient (Wildman–Crippen LogP) is 7.99. The molecule has 1 saturated heterocycles. The summed E-state index contributed by atoms with van der Waals surface area (Å²) in [6.07, 6.45) is 14.3. The molecule has 11 nitrogen and oxygen atoms in total. The number of ether oxygens (including phenoxy) is 2. The minimum Gasteiger partial charge on any atom is -0.471 e. The standard InChI is InChI=1S/C26H28ClN5O.C9H9N3O.C4H8O/c1-19-7-10-23-24(15-19)31-25(30-23)17-32-13-11-20(12-14-32)5-3-4-6-26(28-2)33-18-22-9-8-21(27)16-29-22;1-6-8-4-7(10-5-13)2-3-9(8)12-11-6;1-4-2-3-5-4/h3-4,6-11,15-16H,2,5,12-14,17-18H2,1H3,(H,30,31);2-5H,1H3,(H,10,13)(H,11,12);4H,2-3H2,1H3/b4-3-,26-6+;;/t;;4-/m..1/s1. The average Bonchev–Trinajstić information content (AvgIpc) is 3.70. The summed E-state index contributed by atoms with van der Waals surface area (Å²) in [4.78, 5) is 28.9. The first-order chi connectivity index (χ1) is 24.8. The summed E-state index contributed by atoms with van der Waals surface area (Å²) in [6, 6.07) is 15.5. The van der Waals surface area contributed by atoms with Crippen LogP contribution in [0, 0.1) is 13.8 Å². The highest BCUT2D eigenvalue weighted by Crippen LogP contribution is 2.20. The second-order valence-corrected chi connectivity index (χ2v) is 12.9. The molecular weight excluding hydrogens is 664 g/mol. The van der Waals surface area contributed by atoms with Crippen LogP contribution in [-0.2, 0) is 27.4 Å². The van der Waals surface area contributed by atoms with Gasteiger partial charge in [0.1, 0.15) is 12.4 Å². The van der Waals surface area contributed by atoms with E-state index in [-0.39, 0.29) is 0 Å². The number of anilines is 1. The summed E-state index contributed by atoms with van der Waals surface area (Å²) in [5.41, 5.74) is 8.31. The van der Waals surface area contributed by atoms with E-state index in [0.29, 0.717) is 30.0 Å². The van der Waals surface area contributed by atoms with Crippen LogP contribution in [0.25, 0.3) is 21.9 Å². The zero-order valence-electron chi connectivity index (χ0n) is 29.4. The normalized spacial score (nSPS) is 16.0. The molecule has 3 aromatic heterocycles. The van der Waals surface area contributed by atoms with Crippen molar-refractivity contribution in [3.63, 3.8) is 0 Å². The number of fused-ring (bicyclic) bond motifs is 2. The van der Waals surface area contributed by atoms with Crippen molar-refractivity contribution in [1.29, 1.82) is 0 Å². The minimum absolute atomic E-state index is 0.321. The fourth-order valence-corrected chi connectivity index (χ4v) is 5.46. The Morgan fingerprint density at radius 2 is 2.02 bits per heavy atom. The fraction of sp³-hybridized carbons (Fsp3) is 0.308. The van der Waals surface area contributed by atoms with E-state index in [1.165, 1.54) is 17.6 Å². The molecule has 12 heteroatoms. The Balaban J connectivity index is 0.000000227. The summed E-state index contributed by atoms with van der Waals surface area (Å²) in [5.74, 6) is 1.49. The van der Waals surface area contributed by atoms with E-state index in [2.05, 4.69) is 86.3 Å². The summed E-state index contributed by atoms with van der Waals surface area (Å²) in [5, 5.41) is 11.2. The van der Waals surface area contributed by atoms with E-state index in [0.717, 1.165) is 83.9 Å². The number of nitrogens with zero attached hydrogens (tertiary/aromatic N) is 5. The lowest BCUT2D eigenvalue weighted by Crippen LogP contribution is -2.28. The van der Waals surface area contributed by atoms with Gasteiger partial charge in [-0.3, -0.25) is 19.8 Å². The smallest absolute Gasteiger partial charge is 0.212 e. The van der Waals surface area contributed by atoms with Crippen LogP contribution in [0.2, 0.25) is 5.02 Å². The van der Waals surface area contributed by atoms with Crippen LogP contribution in [0.1, 0.15) is 49.0 Å². The van der Waals surface area contributed by atoms with Crippen LogP contribution in [0.5, 0.6) is 0 Å². The van der Waals surface area contributed by atoms with Gasteiger partial charge < -0.3 is 19.8 Å². The Morgan fingerprint density at radius 3 is 2.71 bits per heavy atom. The number of nitrogens with one attached hydrogen (secondary N) is 3. The van der Waals surface area contributed by atoms with Gasteiger partial charge in [-0.05, 0) is 101 Å². The molecule has 1 atom stereocenters. The molecule has 0 aliphatic carbocycles. The Hall–Kier alpha value is -5.10. The van der Waals surface area contributed by atoms with Gasteiger partial charge >= 0.3 is 0 Å². The first-order valence-electron chi connectivity index (χ1n) is 17.0. The number of imidazole rings is 1. The topological polar surface area (TPSA) is 133 Å². The number of pyridine rings is 1. The molecule has 51 heavy (non-hydrogen) atoms. The number of aromatic amines is 2. The van der Waals surface area contributed by atoms with Crippen molar-refractivity contribution in [2.24, 2.45) is 4.99 Å². The summed E-state index contributed by atoms with van der Waals surface area (Å²) in [6.45, 7) is 13.8. The molecule has 266 valence electrons. The number of carbonyl (C=O) groups excluding carboxylic acids is 1. The molecule has 5 heterocycles. The molecule has 2 aliphatic rings. The monoisotopic (exact) mass is 708 g/mol. The van der Waals surface area contributed by atoms with Crippen molar-refractivity contribution < 1.29 is 14.3 Å². The molecule has 7 rings (SSSR count). The van der Waals surface area contributed by atoms with Crippen LogP contribution < -0.4 is 5.32 Å². The lowest BCUT2D eigenvalue weighted by atomic mass is 10.0. The number of hydrogen-bond acceptors (Lipinski definition) is 8. The van der Waals surface area contributed by atoms with Crippen molar-refractivity contribution in [2.45, 2.75) is 59.3 Å². The summed E-state index contributed by atoms with van der Waals surface area (Å²) < 4.78 is 10.6. The number of H-pyrrole nitrogens is 2. The van der Waals surface area contributed by atoms with Gasteiger partial charge in [0.25, 0.3) is 0 Å². The number of aliphatic imine (C=N–C) groups is 1. The number of hydrogen-bond donors (Lipinski definition) is 3. The Labute approximate surface area is 303 Å². The van der Waals surface area contributed by atoms with Gasteiger partial charge in [-0.1, -0.05) is 41.5 Å². The highest BCUT2D eigenvalue weighted by atomic mass is 35.5. The third-order valence-electron chi connectivity index (χ3n) is 8.41. The van der Waals surface area contributed by atoms with E-state index < -0.39 is 0 Å². The third kappa shape index (κ3) is 11.5. The van der Waals surface area contributed by atoms with E-state index in [1.807, 2.05) is 43.3 Å². The first kappa shape index (κ1) is 37.2. The second kappa shape index (κ2) is 18.8. The summed E-state index contributed by atoms with van der Waals surface area (Å²) >= 11 is 5.85. The van der Waals surface area contributed by atoms with Gasteiger partial charge in [0.05, 0.1) is 39.9 Å². The zero-order chi connectivity index (χ0) is 36.0. The molecule has 2 aromatic carbocycles. The average molecular weight is 709 g/mol. The molecule has 0 unspecified atom stereocenters. The number of rotatable bonds is 11. The molecule has 1 fully saturated rings. The minimum atomic E-state index is 0.321. The number of carbonyl (C=O) groups is 1. The van der Waals surface area contributed by atoms with Crippen LogP contribution in [-0.4, -0.2) is 69.0 Å². The maximum Gasteiger partial charge on any atom is 0.212 e. The highest BCUT2D eigenvalue weighted by Gasteiger charge is 2.13. The van der Waals surface area contributed by atoms with Crippen molar-refractivity contribution in [1.82, 2.24) is 30.0 Å². The SMILES string of the molecule is C=N/C(=C\C=C/CC1=CCN(Cc2nc3ccc(C)cc3[nH]2)CC1)OCc1ccc(Cl)cn1.C[C@@H]1CCO1.Cc1[nH]nc2ccc(NC=O)cc12. The number of benzene rings is 2. The Kier molecular flexibility index (Phi) is 13.7. The van der Waals surface area contributed by atoms with E-state index in [1.54, 1.807) is 12.3 Å². The number of aryl methyl sites for hydroxylation is 2. The summed E-state index contributed by atoms with van der Waals surface area (Å²) in [7, 11) is 0. The Bertz CT molecular complexity index is 1990. The maximum absolute atomic E-state index is 10.2. The van der Waals surface area contributed by atoms with Crippen molar-refractivity contribution >= 4 is 52.4 Å². The largest absolute Gasteiger partial charge is 0.471 e. The van der Waals surface area contributed by atoms with Crippen molar-refractivity contribution in [3.05, 3.63) is 118 Å². The van der Waals surface area contributed by atoms with Crippen LogP contribution in [0.4, 0.5) is 5.69 Å². The number of allylic oxidation sites excluding steroid dienone is 3. The van der Waals surface area contributed by atoms with Crippen LogP contribution in [0.3, 0.4) is 0 Å². The quantitative estimate of drug-likeness (QED) is 0.0416. The predicted molar refractivity (Wildman–Crippen MR) is 205 cm³/mol. The highest BCUT2D eigenvalue weighted by molar-refractivity contribution is 6.30. The molecule has 2 aliphatic heterocycles. The Morgan fingerprint density at radius 1 is 1.20 bits per heavy atom. The fourth-order valence-electron chi connectivity index (χ4n) is 5.35. The lowest BCUT2D eigenvalue weighted by molar-refractivity contribution is -0.105. The van der Waals surface area contributed by atoms with Gasteiger partial charge in [0, 0.05) is 42.7 Å². The molecule has 3 N–H and O–H groups in total. The zero-order valence-corrected chi connectivity index (χ0v) is 30.1. The second-order valence-electron chi connectivity index (χ2n) is 12.4.